The van der Waals surface area contributed by atoms with Gasteiger partial charge in [0.05, 0.1) is 7.11 Å². The molecule has 0 aliphatic carbocycles. The van der Waals surface area contributed by atoms with Crippen molar-refractivity contribution in [2.24, 2.45) is 0 Å². The summed E-state index contributed by atoms with van der Waals surface area (Å²) in [6.07, 6.45) is 3.31. The lowest BCUT2D eigenvalue weighted by Gasteiger charge is -2.31. The molecule has 4 nitrogen and oxygen atoms in total. The summed E-state index contributed by atoms with van der Waals surface area (Å²) < 4.78 is 4.67. The molecule has 0 aliphatic heterocycles. The highest BCUT2D eigenvalue weighted by molar-refractivity contribution is 5.87. The van der Waals surface area contributed by atoms with Crippen molar-refractivity contribution in [3.8, 4) is 0 Å². The fourth-order valence-corrected chi connectivity index (χ4v) is 2.18. The molecule has 4 heteroatoms. The van der Waals surface area contributed by atoms with E-state index in [1.165, 1.54) is 7.11 Å². The zero-order valence-electron chi connectivity index (χ0n) is 11.8. The first-order chi connectivity index (χ1) is 8.60. The highest BCUT2D eigenvalue weighted by atomic mass is 16.5. The normalized spacial score (nSPS) is 11.6. The quantitative estimate of drug-likeness (QED) is 0.734. The van der Waals surface area contributed by atoms with Gasteiger partial charge in [-0.25, -0.2) is 4.79 Å². The number of hydrogen-bond donors (Lipinski definition) is 2. The number of nitrogens with one attached hydrogen (secondary N) is 2. The topological polar surface area (TPSA) is 54.1 Å². The van der Waals surface area contributed by atoms with E-state index in [4.69, 9.17) is 0 Å². The Kier molecular flexibility index (Phi) is 5.41. The highest BCUT2D eigenvalue weighted by Crippen LogP contribution is 2.19. The number of rotatable bonds is 7. The van der Waals surface area contributed by atoms with Crippen LogP contribution in [0.5, 0.6) is 0 Å². The number of carbonyl (C=O) groups is 1. The van der Waals surface area contributed by atoms with Crippen LogP contribution < -0.4 is 5.32 Å². The van der Waals surface area contributed by atoms with Gasteiger partial charge >= 0.3 is 5.97 Å². The van der Waals surface area contributed by atoms with Gasteiger partial charge < -0.3 is 15.0 Å². The van der Waals surface area contributed by atoms with Gasteiger partial charge in [-0.05, 0) is 31.4 Å². The fraction of sp³-hybridized carbons (Fsp3) is 0.643. The van der Waals surface area contributed by atoms with Crippen molar-refractivity contribution in [2.45, 2.75) is 52.1 Å². The van der Waals surface area contributed by atoms with Crippen LogP contribution in [-0.2, 0) is 11.3 Å². The Balaban J connectivity index is 2.63. The maximum Gasteiger partial charge on any atom is 0.354 e. The molecule has 1 heterocycles. The first-order valence-electron chi connectivity index (χ1n) is 6.62. The van der Waals surface area contributed by atoms with Gasteiger partial charge in [-0.1, -0.05) is 20.8 Å². The fourth-order valence-electron chi connectivity index (χ4n) is 2.18. The molecule has 0 aromatic carbocycles. The SMILES string of the molecule is CCC(CC)(CC)NCc1ccc(C(=O)OC)[nH]1. The van der Waals surface area contributed by atoms with Crippen LogP contribution in [0, 0.1) is 0 Å². The lowest BCUT2D eigenvalue weighted by molar-refractivity contribution is 0.0594. The number of carbonyl (C=O) groups excluding carboxylic acids is 1. The summed E-state index contributed by atoms with van der Waals surface area (Å²) in [4.78, 5) is 14.4. The third kappa shape index (κ3) is 3.35. The molecule has 1 aromatic heterocycles. The lowest BCUT2D eigenvalue weighted by Crippen LogP contribution is -2.43. The minimum atomic E-state index is -0.325. The van der Waals surface area contributed by atoms with Gasteiger partial charge in [-0.2, -0.15) is 0 Å². The molecule has 0 unspecified atom stereocenters. The molecule has 0 fully saturated rings. The molecule has 0 radical (unpaired) electrons. The second kappa shape index (κ2) is 6.59. The Labute approximate surface area is 109 Å². The van der Waals surface area contributed by atoms with Crippen LogP contribution in [0.3, 0.4) is 0 Å². The Bertz CT molecular complexity index is 373. The predicted octanol–water partition coefficient (Wildman–Crippen LogP) is 2.86. The molecule has 0 saturated heterocycles. The standard InChI is InChI=1S/C14H24N2O2/c1-5-14(6-2,7-3)15-10-11-8-9-12(16-11)13(17)18-4/h8-9,15-16H,5-7,10H2,1-4H3. The molecule has 102 valence electrons. The van der Waals surface area contributed by atoms with Crippen molar-refractivity contribution in [3.63, 3.8) is 0 Å². The van der Waals surface area contributed by atoms with E-state index in [1.54, 1.807) is 6.07 Å². The van der Waals surface area contributed by atoms with Crippen molar-refractivity contribution in [2.75, 3.05) is 7.11 Å². The van der Waals surface area contributed by atoms with Gasteiger partial charge in [0, 0.05) is 17.8 Å². The molecule has 2 N–H and O–H groups in total. The lowest BCUT2D eigenvalue weighted by atomic mass is 9.90. The van der Waals surface area contributed by atoms with Gasteiger partial charge in [-0.3, -0.25) is 0 Å². The van der Waals surface area contributed by atoms with Crippen LogP contribution in [-0.4, -0.2) is 23.6 Å². The summed E-state index contributed by atoms with van der Waals surface area (Å²) in [5.74, 6) is -0.325. The Morgan fingerprint density at radius 3 is 2.39 bits per heavy atom. The van der Waals surface area contributed by atoms with Crippen molar-refractivity contribution in [1.29, 1.82) is 0 Å². The van der Waals surface area contributed by atoms with E-state index in [9.17, 15) is 4.79 Å². The molecule has 0 saturated carbocycles. The monoisotopic (exact) mass is 252 g/mol. The third-order valence-corrected chi connectivity index (χ3v) is 3.84. The van der Waals surface area contributed by atoms with Crippen LogP contribution in [0.4, 0.5) is 0 Å². The van der Waals surface area contributed by atoms with E-state index in [2.05, 4.69) is 35.8 Å². The first kappa shape index (κ1) is 14.8. The van der Waals surface area contributed by atoms with E-state index in [1.807, 2.05) is 6.07 Å². The Morgan fingerprint density at radius 1 is 1.28 bits per heavy atom. The van der Waals surface area contributed by atoms with E-state index in [0.29, 0.717) is 5.69 Å². The summed E-state index contributed by atoms with van der Waals surface area (Å²) in [7, 11) is 1.39. The van der Waals surface area contributed by atoms with Gasteiger partial charge in [0.1, 0.15) is 5.69 Å². The molecule has 0 amide bonds. The third-order valence-electron chi connectivity index (χ3n) is 3.84. The van der Waals surface area contributed by atoms with Crippen LogP contribution in [0.2, 0.25) is 0 Å². The number of ether oxygens (including phenoxy) is 1. The van der Waals surface area contributed by atoms with Gasteiger partial charge in [0.2, 0.25) is 0 Å². The minimum absolute atomic E-state index is 0.191. The number of aromatic nitrogens is 1. The number of methoxy groups -OCH3 is 1. The van der Waals surface area contributed by atoms with Crippen LogP contribution >= 0.6 is 0 Å². The second-order valence-electron chi connectivity index (χ2n) is 4.58. The molecule has 0 atom stereocenters. The van der Waals surface area contributed by atoms with Crippen molar-refractivity contribution in [1.82, 2.24) is 10.3 Å². The molecule has 0 aliphatic rings. The minimum Gasteiger partial charge on any atom is -0.464 e. The number of esters is 1. The van der Waals surface area contributed by atoms with E-state index < -0.39 is 0 Å². The molecule has 0 spiro atoms. The molecule has 18 heavy (non-hydrogen) atoms. The molecule has 1 aromatic rings. The summed E-state index contributed by atoms with van der Waals surface area (Å²) in [5, 5.41) is 3.59. The van der Waals surface area contributed by atoms with Gasteiger partial charge in [-0.15, -0.1) is 0 Å². The van der Waals surface area contributed by atoms with Crippen molar-refractivity contribution < 1.29 is 9.53 Å². The van der Waals surface area contributed by atoms with E-state index in [0.717, 1.165) is 31.5 Å². The van der Waals surface area contributed by atoms with Crippen molar-refractivity contribution in [3.05, 3.63) is 23.5 Å². The van der Waals surface area contributed by atoms with Gasteiger partial charge in [0.25, 0.3) is 0 Å². The summed E-state index contributed by atoms with van der Waals surface area (Å²) in [6.45, 7) is 7.35. The second-order valence-corrected chi connectivity index (χ2v) is 4.58. The first-order valence-corrected chi connectivity index (χ1v) is 6.62. The molecular formula is C14H24N2O2. The van der Waals surface area contributed by atoms with Gasteiger partial charge in [0.15, 0.2) is 0 Å². The summed E-state index contributed by atoms with van der Waals surface area (Å²) in [5.41, 5.74) is 1.70. The number of hydrogen-bond acceptors (Lipinski definition) is 3. The number of aromatic amines is 1. The van der Waals surface area contributed by atoms with Crippen LogP contribution in [0.25, 0.3) is 0 Å². The zero-order valence-corrected chi connectivity index (χ0v) is 11.8. The van der Waals surface area contributed by atoms with E-state index >= 15 is 0 Å². The largest absolute Gasteiger partial charge is 0.464 e. The molecule has 1 rings (SSSR count). The van der Waals surface area contributed by atoms with Crippen LogP contribution in [0.15, 0.2) is 12.1 Å². The summed E-state index contributed by atoms with van der Waals surface area (Å²) >= 11 is 0. The average Bonchev–Trinajstić information content (AvgIpc) is 2.89. The smallest absolute Gasteiger partial charge is 0.354 e. The Morgan fingerprint density at radius 2 is 1.89 bits per heavy atom. The highest BCUT2D eigenvalue weighted by Gasteiger charge is 2.22. The summed E-state index contributed by atoms with van der Waals surface area (Å²) in [6, 6.07) is 3.68. The maximum atomic E-state index is 11.3. The van der Waals surface area contributed by atoms with E-state index in [-0.39, 0.29) is 11.5 Å². The molecular weight excluding hydrogens is 228 g/mol. The van der Waals surface area contributed by atoms with Crippen LogP contribution in [0.1, 0.15) is 56.2 Å². The zero-order chi connectivity index (χ0) is 13.6. The maximum absolute atomic E-state index is 11.3. The Hall–Kier alpha value is -1.29. The van der Waals surface area contributed by atoms with Crippen molar-refractivity contribution >= 4 is 5.97 Å². The predicted molar refractivity (Wildman–Crippen MR) is 72.6 cm³/mol. The number of H-pyrrole nitrogens is 1. The molecule has 0 bridgehead atoms. The average molecular weight is 252 g/mol.